The standard InChI is InChI=1S/C29H35ClN2O4S/c30-24-10-11-25-21(15-24)6-4-13-29(25)18-32-17-23-8-7-20(23)5-2-1-3-14-37(34,35)31-28(33)22-9-12-27(36-19-29)26(32)16-22/h9-12,15-16,20,23H,1-8,13-14,17-19H2,(H,31,33)/t20-,23+,29+/m1/s1. The van der Waals surface area contributed by atoms with Crippen LogP contribution in [0.15, 0.2) is 36.4 Å². The summed E-state index contributed by atoms with van der Waals surface area (Å²) in [6.07, 6.45) is 9.22. The third kappa shape index (κ3) is 4.97. The summed E-state index contributed by atoms with van der Waals surface area (Å²) in [5.74, 6) is 1.44. The molecule has 2 heterocycles. The van der Waals surface area contributed by atoms with E-state index in [1.165, 1.54) is 24.0 Å². The summed E-state index contributed by atoms with van der Waals surface area (Å²) in [7, 11) is -3.67. The van der Waals surface area contributed by atoms with E-state index in [1.807, 2.05) is 18.2 Å². The monoisotopic (exact) mass is 542 g/mol. The first-order valence-electron chi connectivity index (χ1n) is 13.7. The normalized spacial score (nSPS) is 29.3. The smallest absolute Gasteiger partial charge is 0.264 e. The lowest BCUT2D eigenvalue weighted by Gasteiger charge is -2.44. The van der Waals surface area contributed by atoms with Crippen LogP contribution in [0.5, 0.6) is 5.75 Å². The predicted octanol–water partition coefficient (Wildman–Crippen LogP) is 5.47. The van der Waals surface area contributed by atoms with Crippen LogP contribution < -0.4 is 14.4 Å². The molecule has 2 aliphatic heterocycles. The number of hydrogen-bond acceptors (Lipinski definition) is 5. The van der Waals surface area contributed by atoms with Gasteiger partial charge in [0.1, 0.15) is 5.75 Å². The highest BCUT2D eigenvalue weighted by molar-refractivity contribution is 7.90. The highest BCUT2D eigenvalue weighted by Crippen LogP contribution is 2.46. The van der Waals surface area contributed by atoms with Gasteiger partial charge in [0.25, 0.3) is 5.91 Å². The number of benzene rings is 2. The van der Waals surface area contributed by atoms with Gasteiger partial charge in [-0.05, 0) is 91.8 Å². The van der Waals surface area contributed by atoms with Crippen LogP contribution in [-0.2, 0) is 21.9 Å². The maximum Gasteiger partial charge on any atom is 0.264 e. The van der Waals surface area contributed by atoms with Gasteiger partial charge < -0.3 is 9.64 Å². The molecule has 1 saturated carbocycles. The minimum absolute atomic E-state index is 0.0149. The molecule has 1 fully saturated rings. The number of ether oxygens (including phenoxy) is 1. The molecule has 2 aliphatic carbocycles. The first kappa shape index (κ1) is 25.1. The van der Waals surface area contributed by atoms with E-state index in [4.69, 9.17) is 16.3 Å². The number of nitrogens with one attached hydrogen (secondary N) is 1. The Kier molecular flexibility index (Phi) is 6.64. The molecule has 1 N–H and O–H groups in total. The molecule has 2 bridgehead atoms. The molecule has 0 radical (unpaired) electrons. The van der Waals surface area contributed by atoms with Crippen LogP contribution >= 0.6 is 11.6 Å². The molecule has 198 valence electrons. The molecular formula is C29H35ClN2O4S. The number of carbonyl (C=O) groups excluding carboxylic acids is 1. The molecule has 4 aliphatic rings. The second-order valence-electron chi connectivity index (χ2n) is 11.5. The maximum atomic E-state index is 13.0. The molecule has 37 heavy (non-hydrogen) atoms. The molecule has 1 spiro atoms. The summed E-state index contributed by atoms with van der Waals surface area (Å²) < 4.78 is 33.9. The van der Waals surface area contributed by atoms with Crippen LogP contribution in [0.25, 0.3) is 0 Å². The Balaban J connectivity index is 1.41. The Morgan fingerprint density at radius 1 is 1.00 bits per heavy atom. The van der Waals surface area contributed by atoms with Gasteiger partial charge in [0.15, 0.2) is 0 Å². The van der Waals surface area contributed by atoms with Crippen LogP contribution in [0.4, 0.5) is 5.69 Å². The van der Waals surface area contributed by atoms with Crippen molar-refractivity contribution >= 4 is 33.2 Å². The maximum absolute atomic E-state index is 13.0. The first-order chi connectivity index (χ1) is 17.8. The number of halogens is 1. The van der Waals surface area contributed by atoms with Gasteiger partial charge in [-0.15, -0.1) is 0 Å². The highest BCUT2D eigenvalue weighted by atomic mass is 35.5. The van der Waals surface area contributed by atoms with Crippen molar-refractivity contribution < 1.29 is 17.9 Å². The SMILES string of the molecule is O=C1NS(=O)(=O)CCCCC[C@@H]2CC[C@H]2CN2C[C@@]3(CCCc4cc(Cl)ccc43)COc3ccc1cc32. The van der Waals surface area contributed by atoms with E-state index in [0.29, 0.717) is 30.4 Å². The number of rotatable bonds is 0. The van der Waals surface area contributed by atoms with Crippen molar-refractivity contribution in [1.29, 1.82) is 0 Å². The van der Waals surface area contributed by atoms with Crippen LogP contribution in [0.1, 0.15) is 72.9 Å². The van der Waals surface area contributed by atoms with E-state index in [1.54, 1.807) is 6.07 Å². The minimum Gasteiger partial charge on any atom is -0.490 e. The van der Waals surface area contributed by atoms with E-state index in [0.717, 1.165) is 68.1 Å². The Hall–Kier alpha value is -2.25. The molecule has 2 aromatic carbocycles. The fourth-order valence-corrected chi connectivity index (χ4v) is 8.20. The van der Waals surface area contributed by atoms with E-state index in [2.05, 4.69) is 21.8 Å². The van der Waals surface area contributed by atoms with Crippen molar-refractivity contribution in [3.8, 4) is 5.75 Å². The molecule has 0 saturated heterocycles. The second kappa shape index (κ2) is 9.81. The van der Waals surface area contributed by atoms with Crippen molar-refractivity contribution in [2.24, 2.45) is 11.8 Å². The van der Waals surface area contributed by atoms with Crippen LogP contribution in [0, 0.1) is 11.8 Å². The number of aryl methyl sites for hydroxylation is 1. The number of anilines is 1. The largest absolute Gasteiger partial charge is 0.490 e. The molecular weight excluding hydrogens is 508 g/mol. The summed E-state index contributed by atoms with van der Waals surface area (Å²) in [5.41, 5.74) is 3.70. The van der Waals surface area contributed by atoms with Gasteiger partial charge in [-0.25, -0.2) is 13.1 Å². The molecule has 2 aromatic rings. The van der Waals surface area contributed by atoms with Crippen LogP contribution in [-0.4, -0.2) is 39.8 Å². The summed E-state index contributed by atoms with van der Waals surface area (Å²) in [6.45, 7) is 2.30. The molecule has 0 unspecified atom stereocenters. The van der Waals surface area contributed by atoms with E-state index in [-0.39, 0.29) is 11.2 Å². The summed E-state index contributed by atoms with van der Waals surface area (Å²) in [6, 6.07) is 11.6. The zero-order valence-corrected chi connectivity index (χ0v) is 22.8. The van der Waals surface area contributed by atoms with E-state index >= 15 is 0 Å². The number of nitrogens with zero attached hydrogens (tertiary/aromatic N) is 1. The number of sulfonamides is 1. The van der Waals surface area contributed by atoms with E-state index in [9.17, 15) is 13.2 Å². The van der Waals surface area contributed by atoms with Crippen molar-refractivity contribution in [2.45, 2.75) is 63.2 Å². The van der Waals surface area contributed by atoms with Gasteiger partial charge in [0.05, 0.1) is 18.0 Å². The Bertz CT molecular complexity index is 1310. The Morgan fingerprint density at radius 2 is 1.86 bits per heavy atom. The van der Waals surface area contributed by atoms with Crippen LogP contribution in [0.2, 0.25) is 5.02 Å². The molecule has 0 aromatic heterocycles. The second-order valence-corrected chi connectivity index (χ2v) is 13.8. The van der Waals surface area contributed by atoms with Crippen molar-refractivity contribution in [1.82, 2.24) is 4.72 Å². The fraction of sp³-hybridized carbons (Fsp3) is 0.552. The Morgan fingerprint density at radius 3 is 2.70 bits per heavy atom. The molecule has 6 nitrogen and oxygen atoms in total. The lowest BCUT2D eigenvalue weighted by atomic mass is 9.68. The topological polar surface area (TPSA) is 75.7 Å². The summed E-state index contributed by atoms with van der Waals surface area (Å²) >= 11 is 6.37. The molecule has 1 amide bonds. The molecule has 3 atom stereocenters. The number of fused-ring (bicyclic) bond motifs is 4. The van der Waals surface area contributed by atoms with Gasteiger partial charge in [-0.1, -0.05) is 36.9 Å². The van der Waals surface area contributed by atoms with Gasteiger partial charge in [-0.3, -0.25) is 4.79 Å². The van der Waals surface area contributed by atoms with Gasteiger partial charge in [-0.2, -0.15) is 0 Å². The average molecular weight is 543 g/mol. The fourth-order valence-electron chi connectivity index (χ4n) is 6.92. The predicted molar refractivity (Wildman–Crippen MR) is 146 cm³/mol. The van der Waals surface area contributed by atoms with Gasteiger partial charge in [0, 0.05) is 29.1 Å². The summed E-state index contributed by atoms with van der Waals surface area (Å²) in [5, 5.41) is 0.769. The van der Waals surface area contributed by atoms with Gasteiger partial charge in [0.2, 0.25) is 10.0 Å². The quantitative estimate of drug-likeness (QED) is 0.477. The van der Waals surface area contributed by atoms with Crippen molar-refractivity contribution in [3.05, 3.63) is 58.1 Å². The molecule has 8 heteroatoms. The lowest BCUT2D eigenvalue weighted by molar-refractivity contribution is 0.0981. The zero-order chi connectivity index (χ0) is 25.6. The van der Waals surface area contributed by atoms with Crippen molar-refractivity contribution in [3.63, 3.8) is 0 Å². The number of hydrogen-bond donors (Lipinski definition) is 1. The highest BCUT2D eigenvalue weighted by Gasteiger charge is 2.43. The Labute approximate surface area is 224 Å². The zero-order valence-electron chi connectivity index (χ0n) is 21.2. The average Bonchev–Trinajstić information content (AvgIpc) is 3.00. The van der Waals surface area contributed by atoms with Crippen LogP contribution in [0.3, 0.4) is 0 Å². The number of amides is 1. The first-order valence-corrected chi connectivity index (χ1v) is 15.7. The lowest BCUT2D eigenvalue weighted by Crippen LogP contribution is -2.48. The third-order valence-corrected chi connectivity index (χ3v) is 10.6. The molecule has 6 rings (SSSR count). The summed E-state index contributed by atoms with van der Waals surface area (Å²) in [4.78, 5) is 15.4. The third-order valence-electron chi connectivity index (χ3n) is 9.07. The van der Waals surface area contributed by atoms with E-state index < -0.39 is 15.9 Å². The van der Waals surface area contributed by atoms with Crippen molar-refractivity contribution in [2.75, 3.05) is 30.3 Å². The number of carbonyl (C=O) groups is 1. The van der Waals surface area contributed by atoms with Gasteiger partial charge >= 0.3 is 0 Å². The minimum atomic E-state index is -3.67.